The Balaban J connectivity index is 1.74. The minimum atomic E-state index is -3.02. The van der Waals surface area contributed by atoms with E-state index in [2.05, 4.69) is 23.0 Å². The molecule has 0 saturated carbocycles. The van der Waals surface area contributed by atoms with Crippen LogP contribution in [-0.4, -0.2) is 61.3 Å². The average Bonchev–Trinajstić information content (AvgIpc) is 3.18. The SMILES string of the molecule is C#CCN(CC(=O)N(CC)C1CCS(=O)(=O)C1)C1CCc2ccccc21. The average molecular weight is 375 g/mol. The summed E-state index contributed by atoms with van der Waals surface area (Å²) < 4.78 is 23.6. The van der Waals surface area contributed by atoms with Crippen LogP contribution in [0.3, 0.4) is 0 Å². The molecule has 26 heavy (non-hydrogen) atoms. The molecule has 1 aromatic rings. The Labute approximate surface area is 156 Å². The zero-order valence-corrected chi connectivity index (χ0v) is 16.0. The highest BCUT2D eigenvalue weighted by atomic mass is 32.2. The Hall–Kier alpha value is -1.84. The largest absolute Gasteiger partial charge is 0.338 e. The molecule has 0 spiro atoms. The third-order valence-corrected chi connectivity index (χ3v) is 7.24. The molecule has 1 amide bonds. The molecule has 2 unspecified atom stereocenters. The number of aryl methyl sites for hydroxylation is 1. The van der Waals surface area contributed by atoms with Crippen LogP contribution in [0.15, 0.2) is 24.3 Å². The van der Waals surface area contributed by atoms with Gasteiger partial charge in [0.2, 0.25) is 5.91 Å². The van der Waals surface area contributed by atoms with Gasteiger partial charge in [-0.2, -0.15) is 0 Å². The smallest absolute Gasteiger partial charge is 0.237 e. The van der Waals surface area contributed by atoms with Crippen LogP contribution in [0.1, 0.15) is 36.9 Å². The van der Waals surface area contributed by atoms with Gasteiger partial charge < -0.3 is 4.90 Å². The molecular weight excluding hydrogens is 348 g/mol. The summed E-state index contributed by atoms with van der Waals surface area (Å²) in [6.45, 7) is 3.06. The van der Waals surface area contributed by atoms with Gasteiger partial charge in [0, 0.05) is 18.6 Å². The number of hydrogen-bond acceptors (Lipinski definition) is 4. The summed E-state index contributed by atoms with van der Waals surface area (Å²) in [5, 5.41) is 0. The summed E-state index contributed by atoms with van der Waals surface area (Å²) in [4.78, 5) is 16.7. The van der Waals surface area contributed by atoms with Crippen molar-refractivity contribution < 1.29 is 13.2 Å². The molecule has 1 heterocycles. The first-order valence-electron chi connectivity index (χ1n) is 9.20. The molecular formula is C20H26N2O3S. The number of hydrogen-bond donors (Lipinski definition) is 0. The Morgan fingerprint density at radius 1 is 1.31 bits per heavy atom. The number of sulfone groups is 1. The van der Waals surface area contributed by atoms with Crippen LogP contribution in [-0.2, 0) is 21.1 Å². The fourth-order valence-corrected chi connectivity index (χ4v) is 5.96. The minimum Gasteiger partial charge on any atom is -0.338 e. The van der Waals surface area contributed by atoms with E-state index in [1.165, 1.54) is 11.1 Å². The van der Waals surface area contributed by atoms with Crippen molar-refractivity contribution in [3.63, 3.8) is 0 Å². The van der Waals surface area contributed by atoms with Gasteiger partial charge in [-0.15, -0.1) is 6.42 Å². The quantitative estimate of drug-likeness (QED) is 0.711. The van der Waals surface area contributed by atoms with Gasteiger partial charge in [-0.1, -0.05) is 30.2 Å². The Morgan fingerprint density at radius 2 is 2.08 bits per heavy atom. The zero-order chi connectivity index (χ0) is 18.7. The summed E-state index contributed by atoms with van der Waals surface area (Å²) >= 11 is 0. The molecule has 1 aliphatic carbocycles. The van der Waals surface area contributed by atoms with Gasteiger partial charge in [0.25, 0.3) is 0 Å². The van der Waals surface area contributed by atoms with Crippen LogP contribution in [0, 0.1) is 12.3 Å². The summed E-state index contributed by atoms with van der Waals surface area (Å²) in [7, 11) is -3.02. The van der Waals surface area contributed by atoms with Crippen LogP contribution >= 0.6 is 0 Å². The third-order valence-electron chi connectivity index (χ3n) is 5.48. The molecule has 2 aliphatic rings. The number of likely N-dealkylation sites (N-methyl/N-ethyl adjacent to an activating group) is 1. The maximum atomic E-state index is 12.9. The van der Waals surface area contributed by atoms with Gasteiger partial charge in [0.1, 0.15) is 0 Å². The van der Waals surface area contributed by atoms with Crippen LogP contribution in [0.4, 0.5) is 0 Å². The van der Waals surface area contributed by atoms with Crippen molar-refractivity contribution in [2.24, 2.45) is 0 Å². The predicted octanol–water partition coefficient (Wildman–Crippen LogP) is 1.64. The van der Waals surface area contributed by atoms with Gasteiger partial charge in [-0.05, 0) is 37.3 Å². The number of nitrogens with zero attached hydrogens (tertiary/aromatic N) is 2. The fourth-order valence-electron chi connectivity index (χ4n) is 4.23. The first kappa shape index (κ1) is 18.9. The van der Waals surface area contributed by atoms with Crippen LogP contribution in [0.5, 0.6) is 0 Å². The molecule has 6 heteroatoms. The van der Waals surface area contributed by atoms with Crippen molar-refractivity contribution in [2.75, 3.05) is 31.1 Å². The Kier molecular flexibility index (Phi) is 5.69. The topological polar surface area (TPSA) is 57.7 Å². The molecule has 1 fully saturated rings. The number of rotatable bonds is 6. The zero-order valence-electron chi connectivity index (χ0n) is 15.2. The van der Waals surface area contributed by atoms with Crippen molar-refractivity contribution in [2.45, 2.75) is 38.3 Å². The first-order chi connectivity index (χ1) is 12.4. The molecule has 0 bridgehead atoms. The molecule has 2 atom stereocenters. The van der Waals surface area contributed by atoms with Crippen molar-refractivity contribution in [3.8, 4) is 12.3 Å². The number of benzene rings is 1. The molecule has 140 valence electrons. The molecule has 1 saturated heterocycles. The van der Waals surface area contributed by atoms with Gasteiger partial charge in [0.15, 0.2) is 9.84 Å². The second-order valence-electron chi connectivity index (χ2n) is 7.10. The van der Waals surface area contributed by atoms with E-state index in [0.29, 0.717) is 19.5 Å². The van der Waals surface area contributed by atoms with Gasteiger partial charge in [-0.3, -0.25) is 9.69 Å². The van der Waals surface area contributed by atoms with E-state index in [-0.39, 0.29) is 36.0 Å². The van der Waals surface area contributed by atoms with E-state index in [0.717, 1.165) is 12.8 Å². The predicted molar refractivity (Wildman–Crippen MR) is 102 cm³/mol. The van der Waals surface area contributed by atoms with Crippen molar-refractivity contribution in [1.29, 1.82) is 0 Å². The number of carbonyl (C=O) groups is 1. The third kappa shape index (κ3) is 3.94. The highest BCUT2D eigenvalue weighted by Crippen LogP contribution is 2.35. The van der Waals surface area contributed by atoms with Gasteiger partial charge in [0.05, 0.1) is 24.6 Å². The van der Waals surface area contributed by atoms with Gasteiger partial charge >= 0.3 is 0 Å². The monoisotopic (exact) mass is 374 g/mol. The second kappa shape index (κ2) is 7.81. The highest BCUT2D eigenvalue weighted by Gasteiger charge is 2.35. The lowest BCUT2D eigenvalue weighted by Crippen LogP contribution is -2.46. The summed E-state index contributed by atoms with van der Waals surface area (Å²) in [5.41, 5.74) is 2.57. The molecule has 0 aromatic heterocycles. The number of amides is 1. The standard InChI is InChI=1S/C20H26N2O3S/c1-3-12-21(19-10-9-16-7-5-6-8-18(16)19)14-20(23)22(4-2)17-11-13-26(24,25)15-17/h1,5-8,17,19H,4,9-15H2,2H3. The molecule has 1 aromatic carbocycles. The maximum Gasteiger partial charge on any atom is 0.237 e. The van der Waals surface area contributed by atoms with Crippen LogP contribution < -0.4 is 0 Å². The van der Waals surface area contributed by atoms with E-state index >= 15 is 0 Å². The Morgan fingerprint density at radius 3 is 2.73 bits per heavy atom. The fraction of sp³-hybridized carbons (Fsp3) is 0.550. The van der Waals surface area contributed by atoms with Crippen LogP contribution in [0.25, 0.3) is 0 Å². The lowest BCUT2D eigenvalue weighted by molar-refractivity contribution is -0.134. The Bertz CT molecular complexity index is 813. The summed E-state index contributed by atoms with van der Waals surface area (Å²) in [6.07, 6.45) is 8.05. The highest BCUT2D eigenvalue weighted by molar-refractivity contribution is 7.91. The van der Waals surface area contributed by atoms with E-state index in [1.807, 2.05) is 19.1 Å². The van der Waals surface area contributed by atoms with E-state index in [9.17, 15) is 13.2 Å². The van der Waals surface area contributed by atoms with Crippen molar-refractivity contribution in [1.82, 2.24) is 9.80 Å². The summed E-state index contributed by atoms with van der Waals surface area (Å²) in [6, 6.07) is 8.25. The molecule has 0 radical (unpaired) electrons. The van der Waals surface area contributed by atoms with E-state index in [4.69, 9.17) is 6.42 Å². The molecule has 5 nitrogen and oxygen atoms in total. The molecule has 1 aliphatic heterocycles. The van der Waals surface area contributed by atoms with E-state index < -0.39 is 9.84 Å². The van der Waals surface area contributed by atoms with Crippen molar-refractivity contribution >= 4 is 15.7 Å². The lowest BCUT2D eigenvalue weighted by Gasteiger charge is -2.32. The maximum absolute atomic E-state index is 12.9. The van der Waals surface area contributed by atoms with E-state index in [1.54, 1.807) is 4.90 Å². The molecule has 3 rings (SSSR count). The van der Waals surface area contributed by atoms with Crippen molar-refractivity contribution in [3.05, 3.63) is 35.4 Å². The van der Waals surface area contributed by atoms with Gasteiger partial charge in [-0.25, -0.2) is 8.42 Å². The second-order valence-corrected chi connectivity index (χ2v) is 9.33. The number of terminal acetylenes is 1. The summed E-state index contributed by atoms with van der Waals surface area (Å²) in [5.74, 6) is 2.90. The number of fused-ring (bicyclic) bond motifs is 1. The number of carbonyl (C=O) groups excluding carboxylic acids is 1. The first-order valence-corrected chi connectivity index (χ1v) is 11.0. The minimum absolute atomic E-state index is 0.0331. The lowest BCUT2D eigenvalue weighted by atomic mass is 10.1. The normalized spacial score (nSPS) is 23.6. The molecule has 0 N–H and O–H groups in total. The van der Waals surface area contributed by atoms with Crippen LogP contribution in [0.2, 0.25) is 0 Å².